The number of nitrogens with zero attached hydrogens (tertiary/aromatic N) is 1. The van der Waals surface area contributed by atoms with Gasteiger partial charge in [0.15, 0.2) is 5.78 Å². The van der Waals surface area contributed by atoms with E-state index in [9.17, 15) is 9.00 Å². The van der Waals surface area contributed by atoms with Crippen LogP contribution in [0, 0.1) is 6.92 Å². The molecule has 1 heterocycles. The molecule has 110 valence electrons. The van der Waals surface area contributed by atoms with Gasteiger partial charge in [-0.05, 0) is 20.8 Å². The third kappa shape index (κ3) is 3.76. The topological polar surface area (TPSA) is 37.4 Å². The lowest BCUT2D eigenvalue weighted by Crippen LogP contribution is -2.50. The first-order valence-electron chi connectivity index (χ1n) is 7.09. The third-order valence-electron chi connectivity index (χ3n) is 3.84. The highest BCUT2D eigenvalue weighted by molar-refractivity contribution is 7.86. The zero-order valence-electron chi connectivity index (χ0n) is 12.5. The maximum absolute atomic E-state index is 12.1. The van der Waals surface area contributed by atoms with Crippen molar-refractivity contribution < 1.29 is 9.00 Å². The van der Waals surface area contributed by atoms with Crippen molar-refractivity contribution in [3.05, 3.63) is 35.4 Å². The molecule has 1 fully saturated rings. The Labute approximate surface area is 123 Å². The van der Waals surface area contributed by atoms with E-state index in [0.29, 0.717) is 12.2 Å². The second kappa shape index (κ2) is 6.19. The fourth-order valence-corrected chi connectivity index (χ4v) is 3.82. The Morgan fingerprint density at radius 2 is 1.95 bits per heavy atom. The van der Waals surface area contributed by atoms with Crippen molar-refractivity contribution in [3.63, 3.8) is 0 Å². The second-order valence-corrected chi connectivity index (χ2v) is 8.33. The van der Waals surface area contributed by atoms with Crippen molar-refractivity contribution in [3.8, 4) is 0 Å². The zero-order valence-corrected chi connectivity index (χ0v) is 13.3. The summed E-state index contributed by atoms with van der Waals surface area (Å²) in [5.41, 5.74) is 1.96. The van der Waals surface area contributed by atoms with E-state index in [1.807, 2.05) is 45.0 Å². The number of carbonyl (C=O) groups is 1. The summed E-state index contributed by atoms with van der Waals surface area (Å²) in [6.45, 7) is 8.49. The number of benzene rings is 1. The molecule has 1 atom stereocenters. The zero-order chi connectivity index (χ0) is 14.8. The average molecular weight is 293 g/mol. The Morgan fingerprint density at radius 1 is 1.30 bits per heavy atom. The SMILES string of the molecule is Cc1ccc(C(=O)CCN2CC[S@@](=O)C(C)(C)C2)cc1. The maximum Gasteiger partial charge on any atom is 0.164 e. The first-order chi connectivity index (χ1) is 9.38. The number of rotatable bonds is 4. The minimum absolute atomic E-state index is 0.162. The Hall–Kier alpha value is -1.00. The van der Waals surface area contributed by atoms with Crippen molar-refractivity contribution >= 4 is 16.6 Å². The highest BCUT2D eigenvalue weighted by Crippen LogP contribution is 2.20. The molecule has 3 nitrogen and oxygen atoms in total. The lowest BCUT2D eigenvalue weighted by Gasteiger charge is -2.37. The molecule has 0 N–H and O–H groups in total. The van der Waals surface area contributed by atoms with Crippen molar-refractivity contribution in [2.45, 2.75) is 31.9 Å². The molecule has 1 aliphatic rings. The molecule has 4 heteroatoms. The standard InChI is InChI=1S/C16H23NO2S/c1-13-4-6-14(7-5-13)15(18)8-9-17-10-11-20(19)16(2,3)12-17/h4-7H,8-12H2,1-3H3/t20-/m1/s1. The second-order valence-electron chi connectivity index (χ2n) is 6.12. The van der Waals surface area contributed by atoms with Crippen LogP contribution < -0.4 is 0 Å². The van der Waals surface area contributed by atoms with E-state index < -0.39 is 10.8 Å². The van der Waals surface area contributed by atoms with E-state index in [2.05, 4.69) is 4.90 Å². The molecule has 0 amide bonds. The summed E-state index contributed by atoms with van der Waals surface area (Å²) < 4.78 is 11.7. The van der Waals surface area contributed by atoms with Gasteiger partial charge in [0.25, 0.3) is 0 Å². The Bertz CT molecular complexity index is 508. The Balaban J connectivity index is 1.88. The minimum atomic E-state index is -0.751. The highest BCUT2D eigenvalue weighted by atomic mass is 32.2. The first-order valence-corrected chi connectivity index (χ1v) is 8.41. The van der Waals surface area contributed by atoms with Crippen LogP contribution in [-0.4, -0.2) is 45.0 Å². The number of aryl methyl sites for hydroxylation is 1. The smallest absolute Gasteiger partial charge is 0.164 e. The van der Waals surface area contributed by atoms with E-state index in [-0.39, 0.29) is 10.5 Å². The summed E-state index contributed by atoms with van der Waals surface area (Å²) in [7, 11) is -0.751. The molecule has 0 saturated carbocycles. The van der Waals surface area contributed by atoms with Crippen LogP contribution >= 0.6 is 0 Å². The number of carbonyl (C=O) groups excluding carboxylic acids is 1. The molecule has 0 bridgehead atoms. The highest BCUT2D eigenvalue weighted by Gasteiger charge is 2.32. The molecule has 1 aromatic rings. The van der Waals surface area contributed by atoms with Crippen molar-refractivity contribution in [2.75, 3.05) is 25.4 Å². The van der Waals surface area contributed by atoms with Crippen LogP contribution in [0.1, 0.15) is 36.2 Å². The quantitative estimate of drug-likeness (QED) is 0.800. The predicted molar refractivity (Wildman–Crippen MR) is 83.7 cm³/mol. The Kier molecular flexibility index (Phi) is 4.76. The minimum Gasteiger partial charge on any atom is -0.301 e. The summed E-state index contributed by atoms with van der Waals surface area (Å²) in [6.07, 6.45) is 0.534. The molecule has 2 rings (SSSR count). The van der Waals surface area contributed by atoms with E-state index in [4.69, 9.17) is 0 Å². The van der Waals surface area contributed by atoms with Crippen LogP contribution in [0.5, 0.6) is 0 Å². The van der Waals surface area contributed by atoms with Gasteiger partial charge in [0, 0.05) is 48.2 Å². The van der Waals surface area contributed by atoms with Crippen LogP contribution in [0.4, 0.5) is 0 Å². The van der Waals surface area contributed by atoms with Gasteiger partial charge in [-0.25, -0.2) is 0 Å². The molecule has 0 aliphatic carbocycles. The van der Waals surface area contributed by atoms with Gasteiger partial charge in [0.1, 0.15) is 0 Å². The van der Waals surface area contributed by atoms with Gasteiger partial charge in [-0.1, -0.05) is 29.8 Å². The van der Waals surface area contributed by atoms with Crippen molar-refractivity contribution in [1.29, 1.82) is 0 Å². The predicted octanol–water partition coefficient (Wildman–Crippen LogP) is 2.41. The van der Waals surface area contributed by atoms with Gasteiger partial charge in [-0.3, -0.25) is 9.00 Å². The van der Waals surface area contributed by atoms with Crippen molar-refractivity contribution in [1.82, 2.24) is 4.90 Å². The molecule has 1 saturated heterocycles. The van der Waals surface area contributed by atoms with E-state index >= 15 is 0 Å². The van der Waals surface area contributed by atoms with Crippen molar-refractivity contribution in [2.24, 2.45) is 0 Å². The molecule has 0 radical (unpaired) electrons. The van der Waals surface area contributed by atoms with Gasteiger partial charge >= 0.3 is 0 Å². The molecule has 1 aliphatic heterocycles. The van der Waals surface area contributed by atoms with Crippen LogP contribution in [0.25, 0.3) is 0 Å². The molecular formula is C16H23NO2S. The fourth-order valence-electron chi connectivity index (χ4n) is 2.51. The molecule has 1 aromatic carbocycles. The molecular weight excluding hydrogens is 270 g/mol. The summed E-state index contributed by atoms with van der Waals surface area (Å²) in [4.78, 5) is 14.4. The van der Waals surface area contributed by atoms with Crippen LogP contribution in [0.2, 0.25) is 0 Å². The van der Waals surface area contributed by atoms with Crippen LogP contribution in [0.15, 0.2) is 24.3 Å². The summed E-state index contributed by atoms with van der Waals surface area (Å²) >= 11 is 0. The van der Waals surface area contributed by atoms with Gasteiger partial charge < -0.3 is 4.90 Å². The van der Waals surface area contributed by atoms with E-state index in [0.717, 1.165) is 25.2 Å². The summed E-state index contributed by atoms with van der Waals surface area (Å²) in [6, 6.07) is 7.74. The van der Waals surface area contributed by atoms with Gasteiger partial charge in [0.05, 0.1) is 4.75 Å². The number of hydrogen-bond acceptors (Lipinski definition) is 3. The molecule has 20 heavy (non-hydrogen) atoms. The van der Waals surface area contributed by atoms with Gasteiger partial charge in [-0.2, -0.15) is 0 Å². The average Bonchev–Trinajstić information content (AvgIpc) is 2.40. The maximum atomic E-state index is 12.1. The number of hydrogen-bond donors (Lipinski definition) is 0. The Morgan fingerprint density at radius 3 is 2.55 bits per heavy atom. The lowest BCUT2D eigenvalue weighted by molar-refractivity contribution is 0.0962. The molecule has 0 aromatic heterocycles. The summed E-state index contributed by atoms with van der Waals surface area (Å²) in [5.74, 6) is 0.903. The summed E-state index contributed by atoms with van der Waals surface area (Å²) in [5, 5.41) is 0. The monoisotopic (exact) mass is 293 g/mol. The molecule has 0 unspecified atom stereocenters. The first kappa shape index (κ1) is 15.4. The lowest BCUT2D eigenvalue weighted by atomic mass is 10.1. The van der Waals surface area contributed by atoms with Crippen LogP contribution in [0.3, 0.4) is 0 Å². The number of ketones is 1. The van der Waals surface area contributed by atoms with Crippen LogP contribution in [-0.2, 0) is 10.8 Å². The van der Waals surface area contributed by atoms with Gasteiger partial charge in [-0.15, -0.1) is 0 Å². The van der Waals surface area contributed by atoms with Gasteiger partial charge in [0.2, 0.25) is 0 Å². The third-order valence-corrected chi connectivity index (χ3v) is 5.76. The molecule has 0 spiro atoms. The van der Waals surface area contributed by atoms with E-state index in [1.165, 1.54) is 5.56 Å². The largest absolute Gasteiger partial charge is 0.301 e. The van der Waals surface area contributed by atoms with E-state index in [1.54, 1.807) is 0 Å². The fraction of sp³-hybridized carbons (Fsp3) is 0.562. The normalized spacial score (nSPS) is 22.6. The number of Topliss-reactive ketones (excluding diaryl/α,β-unsaturated/α-hetero) is 1.